The van der Waals surface area contributed by atoms with Gasteiger partial charge in [-0.15, -0.1) is 10.2 Å². The second-order valence-electron chi connectivity index (χ2n) is 4.11. The van der Waals surface area contributed by atoms with Crippen molar-refractivity contribution in [3.8, 4) is 0 Å². The third kappa shape index (κ3) is 4.70. The summed E-state index contributed by atoms with van der Waals surface area (Å²) in [6.45, 7) is 5.94. The van der Waals surface area contributed by atoms with Gasteiger partial charge in [0.05, 0.1) is 5.60 Å². The van der Waals surface area contributed by atoms with E-state index < -0.39 is 5.97 Å². The van der Waals surface area contributed by atoms with Gasteiger partial charge in [0.1, 0.15) is 6.61 Å². The first kappa shape index (κ1) is 12.4. The Bertz CT molecular complexity index is 390. The summed E-state index contributed by atoms with van der Waals surface area (Å²) < 4.78 is 10.5. The molecule has 0 amide bonds. The maximum absolute atomic E-state index is 10.2. The van der Waals surface area contributed by atoms with E-state index >= 15 is 0 Å². The molecule has 0 aromatic carbocycles. The molecule has 0 aliphatic carbocycles. The Morgan fingerprint density at radius 3 is 2.75 bits per heavy atom. The zero-order chi connectivity index (χ0) is 12.2. The number of carbonyl (C=O) groups is 1. The van der Waals surface area contributed by atoms with Crippen molar-refractivity contribution in [3.05, 3.63) is 17.9 Å². The summed E-state index contributed by atoms with van der Waals surface area (Å²) in [5, 5.41) is 15.7. The Balaban J connectivity index is 2.55. The van der Waals surface area contributed by atoms with Crippen molar-refractivity contribution >= 4 is 12.0 Å². The van der Waals surface area contributed by atoms with Crippen LogP contribution in [0.1, 0.15) is 32.6 Å². The molecular weight excluding hydrogens is 212 g/mol. The number of aliphatic carboxylic acids is 1. The molecule has 0 aliphatic heterocycles. The zero-order valence-corrected chi connectivity index (χ0v) is 9.43. The lowest BCUT2D eigenvalue weighted by Gasteiger charge is -2.17. The van der Waals surface area contributed by atoms with Crippen molar-refractivity contribution in [3.63, 3.8) is 0 Å². The highest BCUT2D eigenvalue weighted by Gasteiger charge is 2.12. The molecule has 0 radical (unpaired) electrons. The monoisotopic (exact) mass is 226 g/mol. The van der Waals surface area contributed by atoms with E-state index in [1.54, 1.807) is 0 Å². The minimum Gasteiger partial charge on any atom is -0.478 e. The van der Waals surface area contributed by atoms with Gasteiger partial charge in [0.2, 0.25) is 11.8 Å². The van der Waals surface area contributed by atoms with Crippen molar-refractivity contribution in [2.24, 2.45) is 0 Å². The van der Waals surface area contributed by atoms with Crippen LogP contribution < -0.4 is 0 Å². The van der Waals surface area contributed by atoms with Crippen LogP contribution in [0.2, 0.25) is 0 Å². The SMILES string of the molecule is CC(C)(C)OCc1nnc(/C=C/C(=O)O)o1. The molecule has 6 heteroatoms. The Hall–Kier alpha value is -1.69. The predicted molar refractivity (Wildman–Crippen MR) is 55.5 cm³/mol. The lowest BCUT2D eigenvalue weighted by atomic mass is 10.2. The molecule has 1 rings (SSSR count). The van der Waals surface area contributed by atoms with Crippen molar-refractivity contribution in [1.82, 2.24) is 10.2 Å². The summed E-state index contributed by atoms with van der Waals surface area (Å²) in [6, 6.07) is 0. The number of ether oxygens (including phenoxy) is 1. The van der Waals surface area contributed by atoms with Crippen LogP contribution in [0.3, 0.4) is 0 Å². The summed E-state index contributed by atoms with van der Waals surface area (Å²) >= 11 is 0. The van der Waals surface area contributed by atoms with Gasteiger partial charge in [0.15, 0.2) is 0 Å². The normalized spacial score (nSPS) is 12.2. The smallest absolute Gasteiger partial charge is 0.328 e. The van der Waals surface area contributed by atoms with Crippen molar-refractivity contribution in [2.75, 3.05) is 0 Å². The second kappa shape index (κ2) is 4.89. The van der Waals surface area contributed by atoms with E-state index in [1.165, 1.54) is 6.08 Å². The molecule has 0 aliphatic rings. The summed E-state index contributed by atoms with van der Waals surface area (Å²) in [4.78, 5) is 10.2. The standard InChI is InChI=1S/C10H14N2O4/c1-10(2,3)15-6-8-12-11-7(16-8)4-5-9(13)14/h4-5H,6H2,1-3H3,(H,13,14)/b5-4+. The van der Waals surface area contributed by atoms with Gasteiger partial charge in [0, 0.05) is 12.2 Å². The minimum absolute atomic E-state index is 0.148. The molecule has 0 atom stereocenters. The van der Waals surface area contributed by atoms with Gasteiger partial charge in [0.25, 0.3) is 0 Å². The highest BCUT2D eigenvalue weighted by Crippen LogP contribution is 2.11. The van der Waals surface area contributed by atoms with E-state index in [-0.39, 0.29) is 18.1 Å². The molecule has 0 saturated heterocycles. The van der Waals surface area contributed by atoms with Crippen molar-refractivity contribution < 1.29 is 19.1 Å². The third-order valence-corrected chi connectivity index (χ3v) is 1.48. The predicted octanol–water partition coefficient (Wildman–Crippen LogP) is 1.48. The first-order chi connectivity index (χ1) is 7.37. The van der Waals surface area contributed by atoms with Gasteiger partial charge in [-0.25, -0.2) is 4.79 Å². The fraction of sp³-hybridized carbons (Fsp3) is 0.500. The van der Waals surface area contributed by atoms with Crippen LogP contribution in [0.4, 0.5) is 0 Å². The molecule has 0 unspecified atom stereocenters. The minimum atomic E-state index is -1.06. The maximum atomic E-state index is 10.2. The van der Waals surface area contributed by atoms with Crippen molar-refractivity contribution in [2.45, 2.75) is 33.0 Å². The average Bonchev–Trinajstić information content (AvgIpc) is 2.58. The summed E-state index contributed by atoms with van der Waals surface area (Å²) in [7, 11) is 0. The zero-order valence-electron chi connectivity index (χ0n) is 9.43. The largest absolute Gasteiger partial charge is 0.478 e. The van der Waals surface area contributed by atoms with Gasteiger partial charge >= 0.3 is 5.97 Å². The number of hydrogen-bond donors (Lipinski definition) is 1. The Morgan fingerprint density at radius 1 is 1.50 bits per heavy atom. The molecule has 1 aromatic heterocycles. The second-order valence-corrected chi connectivity index (χ2v) is 4.11. The Labute approximate surface area is 92.9 Å². The quantitative estimate of drug-likeness (QED) is 0.782. The first-order valence-corrected chi connectivity index (χ1v) is 4.74. The van der Waals surface area contributed by atoms with E-state index in [9.17, 15) is 4.79 Å². The molecule has 6 nitrogen and oxygen atoms in total. The number of hydrogen-bond acceptors (Lipinski definition) is 5. The topological polar surface area (TPSA) is 85.5 Å². The van der Waals surface area contributed by atoms with E-state index in [1.807, 2.05) is 20.8 Å². The molecule has 16 heavy (non-hydrogen) atoms. The van der Waals surface area contributed by atoms with Crippen LogP contribution in [-0.4, -0.2) is 26.9 Å². The van der Waals surface area contributed by atoms with Gasteiger partial charge in [-0.1, -0.05) is 0 Å². The molecule has 0 spiro atoms. The van der Waals surface area contributed by atoms with Crippen LogP contribution in [0.25, 0.3) is 6.08 Å². The van der Waals surface area contributed by atoms with Crippen LogP contribution in [0, 0.1) is 0 Å². The number of carboxylic acids is 1. The van der Waals surface area contributed by atoms with Gasteiger partial charge < -0.3 is 14.3 Å². The Kier molecular flexibility index (Phi) is 3.78. The van der Waals surface area contributed by atoms with Crippen LogP contribution in [0.5, 0.6) is 0 Å². The van der Waals surface area contributed by atoms with Crippen LogP contribution >= 0.6 is 0 Å². The van der Waals surface area contributed by atoms with Gasteiger partial charge in [-0.2, -0.15) is 0 Å². The Morgan fingerprint density at radius 2 is 2.19 bits per heavy atom. The lowest BCUT2D eigenvalue weighted by molar-refractivity contribution is -0.131. The molecular formula is C10H14N2O4. The van der Waals surface area contributed by atoms with Crippen molar-refractivity contribution in [1.29, 1.82) is 0 Å². The lowest BCUT2D eigenvalue weighted by Crippen LogP contribution is -2.18. The highest BCUT2D eigenvalue weighted by molar-refractivity contribution is 5.84. The number of nitrogens with zero attached hydrogens (tertiary/aromatic N) is 2. The third-order valence-electron chi connectivity index (χ3n) is 1.48. The van der Waals surface area contributed by atoms with Crippen LogP contribution in [0.15, 0.2) is 10.5 Å². The molecule has 0 bridgehead atoms. The number of carboxylic acid groups (broad SMARTS) is 1. The fourth-order valence-electron chi connectivity index (χ4n) is 0.813. The van der Waals surface area contributed by atoms with E-state index in [2.05, 4.69) is 10.2 Å². The maximum Gasteiger partial charge on any atom is 0.328 e. The molecule has 1 aromatic rings. The van der Waals surface area contributed by atoms with Crippen LogP contribution in [-0.2, 0) is 16.1 Å². The summed E-state index contributed by atoms with van der Waals surface area (Å²) in [5.41, 5.74) is -0.286. The number of rotatable bonds is 4. The van der Waals surface area contributed by atoms with E-state index in [0.29, 0.717) is 5.89 Å². The molecule has 88 valence electrons. The highest BCUT2D eigenvalue weighted by atomic mass is 16.5. The molecule has 0 saturated carbocycles. The van der Waals surface area contributed by atoms with Gasteiger partial charge in [-0.3, -0.25) is 0 Å². The molecule has 0 fully saturated rings. The molecule has 1 heterocycles. The number of aromatic nitrogens is 2. The summed E-state index contributed by atoms with van der Waals surface area (Å²) in [5.74, 6) is -0.597. The fourth-order valence-corrected chi connectivity index (χ4v) is 0.813. The van der Waals surface area contributed by atoms with E-state index in [0.717, 1.165) is 6.08 Å². The van der Waals surface area contributed by atoms with E-state index in [4.69, 9.17) is 14.3 Å². The summed E-state index contributed by atoms with van der Waals surface area (Å²) in [6.07, 6.45) is 2.16. The van der Waals surface area contributed by atoms with Gasteiger partial charge in [-0.05, 0) is 20.8 Å². The first-order valence-electron chi connectivity index (χ1n) is 4.74. The average molecular weight is 226 g/mol. The molecule has 1 N–H and O–H groups in total.